The Kier molecular flexibility index (Phi) is 2.86. The third kappa shape index (κ3) is 1.90. The van der Waals surface area contributed by atoms with Crippen LogP contribution in [0, 0.1) is 12.7 Å². The van der Waals surface area contributed by atoms with Crippen molar-refractivity contribution in [2.75, 3.05) is 0 Å². The summed E-state index contributed by atoms with van der Waals surface area (Å²) in [5.41, 5.74) is -0.371. The highest BCUT2D eigenvalue weighted by molar-refractivity contribution is 6.40. The first-order chi connectivity index (χ1) is 6.43. The van der Waals surface area contributed by atoms with Gasteiger partial charge in [0.25, 0.3) is 5.78 Å². The molecule has 0 aliphatic carbocycles. The molecule has 3 nitrogen and oxygen atoms in total. The number of benzene rings is 1. The fraction of sp³-hybridized carbons (Fsp3) is 0.111. The minimum absolute atomic E-state index is 0.133. The van der Waals surface area contributed by atoms with Crippen molar-refractivity contribution in [2.24, 2.45) is 0 Å². The van der Waals surface area contributed by atoms with Crippen LogP contribution in [-0.4, -0.2) is 16.9 Å². The molecule has 1 N–H and O–H groups in total. The van der Waals surface area contributed by atoms with Crippen molar-refractivity contribution < 1.29 is 19.1 Å². The van der Waals surface area contributed by atoms with Crippen LogP contribution in [0.1, 0.15) is 15.9 Å². The Morgan fingerprint density at radius 1 is 1.43 bits per heavy atom. The summed E-state index contributed by atoms with van der Waals surface area (Å²) in [4.78, 5) is 21.3. The summed E-state index contributed by atoms with van der Waals surface area (Å²) in [5.74, 6) is -3.85. The van der Waals surface area contributed by atoms with E-state index in [0.717, 1.165) is 6.07 Å². The molecule has 0 aromatic heterocycles. The number of carbonyl (C=O) groups excluding carboxylic acids is 1. The first kappa shape index (κ1) is 10.7. The predicted octanol–water partition coefficient (Wildman–Crippen LogP) is 2.05. The van der Waals surface area contributed by atoms with Crippen molar-refractivity contribution in [1.82, 2.24) is 0 Å². The number of aryl methyl sites for hydroxylation is 1. The molecule has 0 radical (unpaired) electrons. The maximum Gasteiger partial charge on any atom is 0.377 e. The Morgan fingerprint density at radius 2 is 2.00 bits per heavy atom. The topological polar surface area (TPSA) is 54.4 Å². The molecular weight excluding hydrogens is 211 g/mol. The molecule has 0 saturated carbocycles. The van der Waals surface area contributed by atoms with Crippen molar-refractivity contribution >= 4 is 23.4 Å². The average molecular weight is 217 g/mol. The summed E-state index contributed by atoms with van der Waals surface area (Å²) in [6.07, 6.45) is 0. The number of hydrogen-bond acceptors (Lipinski definition) is 2. The van der Waals surface area contributed by atoms with Crippen LogP contribution in [0.2, 0.25) is 5.02 Å². The van der Waals surface area contributed by atoms with Crippen LogP contribution >= 0.6 is 11.6 Å². The van der Waals surface area contributed by atoms with Gasteiger partial charge in [-0.1, -0.05) is 11.6 Å². The van der Waals surface area contributed by atoms with E-state index in [1.54, 1.807) is 0 Å². The zero-order chi connectivity index (χ0) is 10.9. The molecule has 74 valence electrons. The van der Waals surface area contributed by atoms with Gasteiger partial charge in [0.15, 0.2) is 0 Å². The lowest BCUT2D eigenvalue weighted by Crippen LogP contribution is -2.15. The van der Waals surface area contributed by atoms with Crippen molar-refractivity contribution in [3.8, 4) is 0 Å². The van der Waals surface area contributed by atoms with Gasteiger partial charge in [0, 0.05) is 5.02 Å². The Balaban J connectivity index is 3.34. The van der Waals surface area contributed by atoms with E-state index in [1.807, 2.05) is 0 Å². The first-order valence-electron chi connectivity index (χ1n) is 3.66. The van der Waals surface area contributed by atoms with E-state index in [-0.39, 0.29) is 10.6 Å². The van der Waals surface area contributed by atoms with Gasteiger partial charge in [-0.25, -0.2) is 9.18 Å². The van der Waals surface area contributed by atoms with E-state index in [9.17, 15) is 14.0 Å². The van der Waals surface area contributed by atoms with Gasteiger partial charge in [-0.15, -0.1) is 0 Å². The quantitative estimate of drug-likeness (QED) is 0.608. The van der Waals surface area contributed by atoms with Gasteiger partial charge in [-0.3, -0.25) is 4.79 Å². The van der Waals surface area contributed by atoms with Crippen molar-refractivity contribution in [3.05, 3.63) is 34.1 Å². The van der Waals surface area contributed by atoms with Crippen LogP contribution in [0.5, 0.6) is 0 Å². The molecule has 0 spiro atoms. The third-order valence-electron chi connectivity index (χ3n) is 1.66. The van der Waals surface area contributed by atoms with Crippen LogP contribution in [0.3, 0.4) is 0 Å². The van der Waals surface area contributed by atoms with Crippen LogP contribution < -0.4 is 0 Å². The van der Waals surface area contributed by atoms with Gasteiger partial charge in [0.2, 0.25) is 0 Å². The maximum atomic E-state index is 13.2. The molecule has 0 atom stereocenters. The van der Waals surface area contributed by atoms with Gasteiger partial charge >= 0.3 is 5.97 Å². The lowest BCUT2D eigenvalue weighted by molar-refractivity contribution is -0.131. The monoisotopic (exact) mass is 216 g/mol. The lowest BCUT2D eigenvalue weighted by atomic mass is 10.1. The second-order valence-corrected chi connectivity index (χ2v) is 3.15. The van der Waals surface area contributed by atoms with Crippen molar-refractivity contribution in [3.63, 3.8) is 0 Å². The number of carbonyl (C=O) groups is 2. The molecule has 1 aromatic rings. The van der Waals surface area contributed by atoms with E-state index < -0.39 is 23.1 Å². The molecule has 0 unspecified atom stereocenters. The molecule has 14 heavy (non-hydrogen) atoms. The Labute approximate surface area is 84.1 Å². The molecule has 0 saturated heterocycles. The zero-order valence-electron chi connectivity index (χ0n) is 7.17. The number of carboxylic acids is 1. The van der Waals surface area contributed by atoms with E-state index >= 15 is 0 Å². The van der Waals surface area contributed by atoms with E-state index in [1.165, 1.54) is 13.0 Å². The molecule has 0 heterocycles. The minimum Gasteiger partial charge on any atom is -0.475 e. The molecular formula is C9H6ClFO3. The highest BCUT2D eigenvalue weighted by atomic mass is 35.5. The molecule has 0 fully saturated rings. The largest absolute Gasteiger partial charge is 0.475 e. The number of aliphatic carboxylic acids is 1. The normalized spacial score (nSPS) is 9.93. The van der Waals surface area contributed by atoms with E-state index in [4.69, 9.17) is 16.7 Å². The highest BCUT2D eigenvalue weighted by Gasteiger charge is 2.20. The fourth-order valence-corrected chi connectivity index (χ4v) is 1.28. The number of rotatable bonds is 2. The average Bonchev–Trinajstić information content (AvgIpc) is 2.09. The predicted molar refractivity (Wildman–Crippen MR) is 48.1 cm³/mol. The van der Waals surface area contributed by atoms with Crippen molar-refractivity contribution in [2.45, 2.75) is 6.92 Å². The first-order valence-corrected chi connectivity index (χ1v) is 4.04. The maximum absolute atomic E-state index is 13.2. The van der Waals surface area contributed by atoms with E-state index in [0.29, 0.717) is 0 Å². The molecule has 5 heteroatoms. The fourth-order valence-electron chi connectivity index (χ4n) is 1.01. The highest BCUT2D eigenvalue weighted by Crippen LogP contribution is 2.19. The summed E-state index contributed by atoms with van der Waals surface area (Å²) in [6.45, 7) is 1.40. The smallest absolute Gasteiger partial charge is 0.377 e. The molecule has 0 aliphatic heterocycles. The van der Waals surface area contributed by atoms with Crippen molar-refractivity contribution in [1.29, 1.82) is 0 Å². The molecule has 1 rings (SSSR count). The number of hydrogen-bond donors (Lipinski definition) is 1. The molecule has 1 aromatic carbocycles. The number of halogens is 2. The van der Waals surface area contributed by atoms with Crippen LogP contribution in [0.25, 0.3) is 0 Å². The summed E-state index contributed by atoms with van der Waals surface area (Å²) < 4.78 is 13.2. The minimum atomic E-state index is -1.70. The molecule has 0 aliphatic rings. The second-order valence-electron chi connectivity index (χ2n) is 2.72. The van der Waals surface area contributed by atoms with Gasteiger partial charge in [-0.2, -0.15) is 0 Å². The molecule has 0 amide bonds. The number of carboxylic acid groups (broad SMARTS) is 1. The summed E-state index contributed by atoms with van der Waals surface area (Å²) in [6, 6.07) is 2.32. The Bertz CT molecular complexity index is 415. The van der Waals surface area contributed by atoms with Gasteiger partial charge in [0.05, 0.1) is 5.56 Å². The van der Waals surface area contributed by atoms with Gasteiger partial charge in [0.1, 0.15) is 5.82 Å². The lowest BCUT2D eigenvalue weighted by Gasteiger charge is -2.02. The second kappa shape index (κ2) is 3.75. The number of ketones is 1. The van der Waals surface area contributed by atoms with Gasteiger partial charge in [-0.05, 0) is 24.6 Å². The summed E-state index contributed by atoms with van der Waals surface area (Å²) >= 11 is 5.56. The zero-order valence-corrected chi connectivity index (χ0v) is 7.93. The standard InChI is InChI=1S/C9H6ClFO3/c1-4-2-5(10)3-6(7(4)11)8(12)9(13)14/h2-3H,1H3,(H,13,14). The van der Waals surface area contributed by atoms with Crippen LogP contribution in [-0.2, 0) is 4.79 Å². The van der Waals surface area contributed by atoms with Crippen LogP contribution in [0.4, 0.5) is 4.39 Å². The van der Waals surface area contributed by atoms with Crippen LogP contribution in [0.15, 0.2) is 12.1 Å². The molecule has 0 bridgehead atoms. The Morgan fingerprint density at radius 3 is 2.50 bits per heavy atom. The summed E-state index contributed by atoms with van der Waals surface area (Å²) in [7, 11) is 0. The van der Waals surface area contributed by atoms with E-state index in [2.05, 4.69) is 0 Å². The third-order valence-corrected chi connectivity index (χ3v) is 1.88. The summed E-state index contributed by atoms with van der Waals surface area (Å²) in [5, 5.41) is 8.52. The SMILES string of the molecule is Cc1cc(Cl)cc(C(=O)C(=O)O)c1F. The Hall–Kier alpha value is -1.42. The number of Topliss-reactive ketones (excluding diaryl/α,β-unsaturated/α-hetero) is 1. The van der Waals surface area contributed by atoms with Gasteiger partial charge < -0.3 is 5.11 Å².